The molecule has 5 nitrogen and oxygen atoms in total. The quantitative estimate of drug-likeness (QED) is 0.693. The Morgan fingerprint density at radius 2 is 2.04 bits per heavy atom. The summed E-state index contributed by atoms with van der Waals surface area (Å²) in [5, 5.41) is 12.6. The van der Waals surface area contributed by atoms with Crippen LogP contribution in [0, 0.1) is 12.8 Å². The monoisotopic (exact) mass is 323 g/mol. The topological polar surface area (TPSA) is 67.8 Å². The van der Waals surface area contributed by atoms with Crippen LogP contribution in [-0.4, -0.2) is 43.0 Å². The van der Waals surface area contributed by atoms with E-state index in [0.29, 0.717) is 18.3 Å². The molecule has 5 heteroatoms. The number of nitrogens with one attached hydrogen (secondary N) is 1. The zero-order valence-electron chi connectivity index (χ0n) is 14.5. The number of hydrogen-bond donors (Lipinski definition) is 2. The zero-order chi connectivity index (χ0) is 17.2. The molecule has 1 amide bonds. The number of amides is 1. The molecule has 1 rings (SSSR count). The van der Waals surface area contributed by atoms with Crippen molar-refractivity contribution in [2.75, 3.05) is 19.8 Å². The SMILES string of the molecule is Cc1cccc(OCC(O)CNC(=O)C(C)OCCC(C)C)c1. The number of benzene rings is 1. The Hall–Kier alpha value is -1.59. The Balaban J connectivity index is 2.21. The largest absolute Gasteiger partial charge is 0.491 e. The third kappa shape index (κ3) is 8.57. The molecule has 2 unspecified atom stereocenters. The molecule has 23 heavy (non-hydrogen) atoms. The summed E-state index contributed by atoms with van der Waals surface area (Å²) in [7, 11) is 0. The van der Waals surface area contributed by atoms with Crippen LogP contribution in [0.15, 0.2) is 24.3 Å². The smallest absolute Gasteiger partial charge is 0.248 e. The van der Waals surface area contributed by atoms with Gasteiger partial charge in [-0.3, -0.25) is 4.79 Å². The van der Waals surface area contributed by atoms with Crippen LogP contribution < -0.4 is 10.1 Å². The number of hydrogen-bond acceptors (Lipinski definition) is 4. The van der Waals surface area contributed by atoms with Crippen molar-refractivity contribution in [2.45, 2.75) is 46.3 Å². The molecule has 0 heterocycles. The van der Waals surface area contributed by atoms with Crippen LogP contribution >= 0.6 is 0 Å². The molecule has 2 N–H and O–H groups in total. The van der Waals surface area contributed by atoms with Gasteiger partial charge in [0.2, 0.25) is 5.91 Å². The lowest BCUT2D eigenvalue weighted by atomic mass is 10.1. The van der Waals surface area contributed by atoms with E-state index in [4.69, 9.17) is 9.47 Å². The molecule has 1 aromatic carbocycles. The number of aliphatic hydroxyl groups excluding tert-OH is 1. The van der Waals surface area contributed by atoms with Gasteiger partial charge in [-0.1, -0.05) is 26.0 Å². The Kier molecular flexibility index (Phi) is 8.66. The molecule has 0 spiro atoms. The first-order valence-electron chi connectivity index (χ1n) is 8.15. The molecule has 130 valence electrons. The van der Waals surface area contributed by atoms with E-state index in [1.54, 1.807) is 6.92 Å². The Bertz CT molecular complexity index is 476. The van der Waals surface area contributed by atoms with Crippen molar-refractivity contribution in [3.63, 3.8) is 0 Å². The predicted molar refractivity (Wildman–Crippen MR) is 90.6 cm³/mol. The van der Waals surface area contributed by atoms with Crippen molar-refractivity contribution in [2.24, 2.45) is 5.92 Å². The Labute approximate surface area is 139 Å². The fourth-order valence-corrected chi connectivity index (χ4v) is 1.87. The average Bonchev–Trinajstić information content (AvgIpc) is 2.50. The van der Waals surface area contributed by atoms with Gasteiger partial charge < -0.3 is 19.9 Å². The van der Waals surface area contributed by atoms with Crippen molar-refractivity contribution in [1.82, 2.24) is 5.32 Å². The lowest BCUT2D eigenvalue weighted by molar-refractivity contribution is -0.132. The van der Waals surface area contributed by atoms with Gasteiger partial charge in [0.15, 0.2) is 0 Å². The van der Waals surface area contributed by atoms with Gasteiger partial charge in [-0.05, 0) is 43.9 Å². The van der Waals surface area contributed by atoms with E-state index in [1.165, 1.54) is 0 Å². The molecule has 0 saturated carbocycles. The second-order valence-electron chi connectivity index (χ2n) is 6.22. The Morgan fingerprint density at radius 1 is 1.30 bits per heavy atom. The fourth-order valence-electron chi connectivity index (χ4n) is 1.87. The van der Waals surface area contributed by atoms with Crippen molar-refractivity contribution in [1.29, 1.82) is 0 Å². The summed E-state index contributed by atoms with van der Waals surface area (Å²) >= 11 is 0. The lowest BCUT2D eigenvalue weighted by Gasteiger charge is -2.17. The van der Waals surface area contributed by atoms with Gasteiger partial charge in [0.25, 0.3) is 0 Å². The summed E-state index contributed by atoms with van der Waals surface area (Å²) < 4.78 is 11.0. The summed E-state index contributed by atoms with van der Waals surface area (Å²) in [5.41, 5.74) is 1.10. The minimum Gasteiger partial charge on any atom is -0.491 e. The molecule has 0 aliphatic rings. The summed E-state index contributed by atoms with van der Waals surface area (Å²) in [6.45, 7) is 8.74. The molecule has 0 aliphatic heterocycles. The van der Waals surface area contributed by atoms with Crippen LogP contribution in [0.4, 0.5) is 0 Å². The van der Waals surface area contributed by atoms with Crippen LogP contribution in [0.2, 0.25) is 0 Å². The van der Waals surface area contributed by atoms with Gasteiger partial charge in [-0.15, -0.1) is 0 Å². The van der Waals surface area contributed by atoms with E-state index in [1.807, 2.05) is 31.2 Å². The second kappa shape index (κ2) is 10.2. The van der Waals surface area contributed by atoms with E-state index in [-0.39, 0.29) is 19.1 Å². The maximum Gasteiger partial charge on any atom is 0.248 e. The van der Waals surface area contributed by atoms with Gasteiger partial charge in [-0.25, -0.2) is 0 Å². The van der Waals surface area contributed by atoms with Gasteiger partial charge in [0.1, 0.15) is 24.6 Å². The number of rotatable bonds is 10. The molecule has 0 saturated heterocycles. The van der Waals surface area contributed by atoms with Gasteiger partial charge in [0, 0.05) is 13.2 Å². The van der Waals surface area contributed by atoms with Gasteiger partial charge in [0.05, 0.1) is 0 Å². The highest BCUT2D eigenvalue weighted by atomic mass is 16.5. The third-order valence-electron chi connectivity index (χ3n) is 3.38. The highest BCUT2D eigenvalue weighted by Gasteiger charge is 2.15. The summed E-state index contributed by atoms with van der Waals surface area (Å²) in [6.07, 6.45) is -0.356. The molecular weight excluding hydrogens is 294 g/mol. The molecule has 0 aliphatic carbocycles. The second-order valence-corrected chi connectivity index (χ2v) is 6.22. The molecular formula is C18H29NO4. The molecule has 0 fully saturated rings. The van der Waals surface area contributed by atoms with Gasteiger partial charge in [-0.2, -0.15) is 0 Å². The maximum atomic E-state index is 11.9. The maximum absolute atomic E-state index is 11.9. The number of carbonyl (C=O) groups is 1. The number of aryl methyl sites for hydroxylation is 1. The number of aliphatic hydroxyl groups is 1. The highest BCUT2D eigenvalue weighted by Crippen LogP contribution is 2.12. The Morgan fingerprint density at radius 3 is 2.70 bits per heavy atom. The first kappa shape index (κ1) is 19.5. The molecule has 2 atom stereocenters. The average molecular weight is 323 g/mol. The van der Waals surface area contributed by atoms with Crippen LogP contribution in [0.5, 0.6) is 5.75 Å². The van der Waals surface area contributed by atoms with E-state index in [9.17, 15) is 9.90 Å². The molecule has 1 aromatic rings. The van der Waals surface area contributed by atoms with E-state index >= 15 is 0 Å². The van der Waals surface area contributed by atoms with E-state index in [0.717, 1.165) is 12.0 Å². The first-order chi connectivity index (χ1) is 10.9. The van der Waals surface area contributed by atoms with Crippen LogP contribution in [0.3, 0.4) is 0 Å². The van der Waals surface area contributed by atoms with Crippen molar-refractivity contribution in [3.8, 4) is 5.75 Å². The van der Waals surface area contributed by atoms with E-state index < -0.39 is 12.2 Å². The first-order valence-corrected chi connectivity index (χ1v) is 8.15. The fraction of sp³-hybridized carbons (Fsp3) is 0.611. The van der Waals surface area contributed by atoms with Crippen molar-refractivity contribution in [3.05, 3.63) is 29.8 Å². The molecule has 0 bridgehead atoms. The van der Waals surface area contributed by atoms with Crippen LogP contribution in [-0.2, 0) is 9.53 Å². The molecule has 0 radical (unpaired) electrons. The summed E-state index contributed by atoms with van der Waals surface area (Å²) in [5.74, 6) is 1.04. The molecule has 0 aromatic heterocycles. The van der Waals surface area contributed by atoms with Crippen molar-refractivity contribution >= 4 is 5.91 Å². The number of ether oxygens (including phenoxy) is 2. The van der Waals surface area contributed by atoms with Crippen LogP contribution in [0.1, 0.15) is 32.8 Å². The van der Waals surface area contributed by atoms with Crippen molar-refractivity contribution < 1.29 is 19.4 Å². The predicted octanol–water partition coefficient (Wildman–Crippen LogP) is 2.30. The highest BCUT2D eigenvalue weighted by molar-refractivity contribution is 5.80. The van der Waals surface area contributed by atoms with E-state index in [2.05, 4.69) is 19.2 Å². The normalized spacial score (nSPS) is 13.7. The minimum absolute atomic E-state index is 0.131. The third-order valence-corrected chi connectivity index (χ3v) is 3.38. The minimum atomic E-state index is -0.762. The summed E-state index contributed by atoms with van der Waals surface area (Å²) in [6, 6.07) is 7.61. The standard InChI is InChI=1S/C18H29NO4/c1-13(2)8-9-22-15(4)18(21)19-11-16(20)12-23-17-7-5-6-14(3)10-17/h5-7,10,13,15-16,20H,8-9,11-12H2,1-4H3,(H,19,21). The van der Waals surface area contributed by atoms with Crippen LogP contribution in [0.25, 0.3) is 0 Å². The zero-order valence-corrected chi connectivity index (χ0v) is 14.5. The lowest BCUT2D eigenvalue weighted by Crippen LogP contribution is -2.40. The summed E-state index contributed by atoms with van der Waals surface area (Å²) in [4.78, 5) is 11.9. The number of carbonyl (C=O) groups excluding carboxylic acids is 1. The van der Waals surface area contributed by atoms with Gasteiger partial charge >= 0.3 is 0 Å².